The zero-order chi connectivity index (χ0) is 19.9. The SMILES string of the molecule is CCC(NC(=O)c1ccc(CN2CCCC2)cc1)c1ccc(OC)c(OC)c1. The Labute approximate surface area is 167 Å². The normalized spacial score (nSPS) is 15.2. The van der Waals surface area contributed by atoms with Gasteiger partial charge in [0, 0.05) is 12.1 Å². The predicted octanol–water partition coefficient (Wildman–Crippen LogP) is 4.18. The van der Waals surface area contributed by atoms with Crippen LogP contribution in [0.4, 0.5) is 0 Å². The summed E-state index contributed by atoms with van der Waals surface area (Å²) < 4.78 is 10.7. The van der Waals surface area contributed by atoms with Gasteiger partial charge in [0.25, 0.3) is 5.91 Å². The Morgan fingerprint density at radius 2 is 1.71 bits per heavy atom. The van der Waals surface area contributed by atoms with Crippen molar-refractivity contribution in [3.63, 3.8) is 0 Å². The molecule has 1 saturated heterocycles. The number of nitrogens with one attached hydrogen (secondary N) is 1. The number of hydrogen-bond donors (Lipinski definition) is 1. The van der Waals surface area contributed by atoms with Crippen molar-refractivity contribution in [1.82, 2.24) is 10.2 Å². The molecule has 0 spiro atoms. The van der Waals surface area contributed by atoms with Crippen molar-refractivity contribution in [1.29, 1.82) is 0 Å². The molecule has 0 saturated carbocycles. The van der Waals surface area contributed by atoms with Gasteiger partial charge in [0.2, 0.25) is 0 Å². The summed E-state index contributed by atoms with van der Waals surface area (Å²) in [5, 5.41) is 3.13. The van der Waals surface area contributed by atoms with E-state index in [1.165, 1.54) is 31.5 Å². The highest BCUT2D eigenvalue weighted by atomic mass is 16.5. The molecule has 2 aromatic rings. The van der Waals surface area contributed by atoms with Gasteiger partial charge in [0.15, 0.2) is 11.5 Å². The van der Waals surface area contributed by atoms with Crippen molar-refractivity contribution in [3.05, 3.63) is 59.2 Å². The summed E-state index contributed by atoms with van der Waals surface area (Å²) in [6, 6.07) is 13.6. The molecule has 1 unspecified atom stereocenters. The van der Waals surface area contributed by atoms with Crippen molar-refractivity contribution in [2.75, 3.05) is 27.3 Å². The number of carbonyl (C=O) groups excluding carboxylic acids is 1. The van der Waals surface area contributed by atoms with E-state index in [9.17, 15) is 4.79 Å². The number of hydrogen-bond acceptors (Lipinski definition) is 4. The topological polar surface area (TPSA) is 50.8 Å². The second-order valence-corrected chi connectivity index (χ2v) is 7.23. The third-order valence-corrected chi connectivity index (χ3v) is 5.34. The molecular formula is C23H30N2O3. The highest BCUT2D eigenvalue weighted by molar-refractivity contribution is 5.94. The molecule has 28 heavy (non-hydrogen) atoms. The van der Waals surface area contributed by atoms with Crippen LogP contribution in [0, 0.1) is 0 Å². The first-order valence-corrected chi connectivity index (χ1v) is 9.98. The summed E-state index contributed by atoms with van der Waals surface area (Å²) in [6.45, 7) is 5.36. The third-order valence-electron chi connectivity index (χ3n) is 5.34. The van der Waals surface area contributed by atoms with Crippen LogP contribution in [0.2, 0.25) is 0 Å². The summed E-state index contributed by atoms with van der Waals surface area (Å²) in [5.41, 5.74) is 2.94. The minimum atomic E-state index is -0.0865. The Balaban J connectivity index is 1.66. The zero-order valence-corrected chi connectivity index (χ0v) is 17.0. The van der Waals surface area contributed by atoms with Gasteiger partial charge < -0.3 is 14.8 Å². The summed E-state index contributed by atoms with van der Waals surface area (Å²) in [4.78, 5) is 15.2. The van der Waals surface area contributed by atoms with Gasteiger partial charge in [-0.2, -0.15) is 0 Å². The molecule has 1 aliphatic heterocycles. The van der Waals surface area contributed by atoms with Crippen LogP contribution in [-0.2, 0) is 6.54 Å². The highest BCUT2D eigenvalue weighted by Crippen LogP contribution is 2.31. The Bertz CT molecular complexity index is 783. The quantitative estimate of drug-likeness (QED) is 0.744. The molecule has 5 nitrogen and oxygen atoms in total. The van der Waals surface area contributed by atoms with Gasteiger partial charge >= 0.3 is 0 Å². The number of amides is 1. The maximum atomic E-state index is 12.7. The second kappa shape index (κ2) is 9.60. The van der Waals surface area contributed by atoms with Crippen molar-refractivity contribution < 1.29 is 14.3 Å². The van der Waals surface area contributed by atoms with Crippen LogP contribution >= 0.6 is 0 Å². The van der Waals surface area contributed by atoms with Gasteiger partial charge in [-0.25, -0.2) is 0 Å². The van der Waals surface area contributed by atoms with E-state index in [4.69, 9.17) is 9.47 Å². The average molecular weight is 383 g/mol. The van der Waals surface area contributed by atoms with Crippen molar-refractivity contribution in [3.8, 4) is 11.5 Å². The van der Waals surface area contributed by atoms with E-state index in [2.05, 4.69) is 29.3 Å². The molecule has 0 aliphatic carbocycles. The van der Waals surface area contributed by atoms with Crippen LogP contribution in [0.1, 0.15) is 53.7 Å². The van der Waals surface area contributed by atoms with E-state index < -0.39 is 0 Å². The predicted molar refractivity (Wildman–Crippen MR) is 111 cm³/mol. The van der Waals surface area contributed by atoms with Gasteiger partial charge in [0.1, 0.15) is 0 Å². The van der Waals surface area contributed by atoms with Crippen LogP contribution < -0.4 is 14.8 Å². The lowest BCUT2D eigenvalue weighted by Gasteiger charge is -2.19. The first-order valence-electron chi connectivity index (χ1n) is 9.98. The molecule has 150 valence electrons. The van der Waals surface area contributed by atoms with Crippen LogP contribution in [0.3, 0.4) is 0 Å². The zero-order valence-electron chi connectivity index (χ0n) is 17.0. The summed E-state index contributed by atoms with van der Waals surface area (Å²) >= 11 is 0. The maximum absolute atomic E-state index is 12.7. The van der Waals surface area contributed by atoms with Gasteiger partial charge in [-0.05, 0) is 67.7 Å². The minimum Gasteiger partial charge on any atom is -0.493 e. The molecule has 5 heteroatoms. The number of rotatable bonds is 8. The molecule has 3 rings (SSSR count). The first-order chi connectivity index (χ1) is 13.6. The van der Waals surface area contributed by atoms with E-state index in [-0.39, 0.29) is 11.9 Å². The van der Waals surface area contributed by atoms with Crippen molar-refractivity contribution >= 4 is 5.91 Å². The van der Waals surface area contributed by atoms with Gasteiger partial charge in [-0.3, -0.25) is 9.69 Å². The molecule has 2 aromatic carbocycles. The molecule has 0 bridgehead atoms. The minimum absolute atomic E-state index is 0.0608. The molecule has 1 atom stereocenters. The Kier molecular flexibility index (Phi) is 6.93. The highest BCUT2D eigenvalue weighted by Gasteiger charge is 2.17. The molecule has 0 aromatic heterocycles. The van der Waals surface area contributed by atoms with E-state index in [1.807, 2.05) is 30.3 Å². The molecular weight excluding hydrogens is 352 g/mol. The van der Waals surface area contributed by atoms with Gasteiger partial charge in [-0.1, -0.05) is 25.1 Å². The fourth-order valence-electron chi connectivity index (χ4n) is 3.69. The van der Waals surface area contributed by atoms with Crippen LogP contribution in [0.15, 0.2) is 42.5 Å². The Morgan fingerprint density at radius 3 is 2.32 bits per heavy atom. The molecule has 1 aliphatic rings. The van der Waals surface area contributed by atoms with Crippen LogP contribution in [-0.4, -0.2) is 38.1 Å². The molecule has 1 amide bonds. The summed E-state index contributed by atoms with van der Waals surface area (Å²) in [5.74, 6) is 1.29. The fourth-order valence-corrected chi connectivity index (χ4v) is 3.69. The summed E-state index contributed by atoms with van der Waals surface area (Å²) in [6.07, 6.45) is 3.36. The Hall–Kier alpha value is -2.53. The monoisotopic (exact) mass is 382 g/mol. The number of carbonyl (C=O) groups is 1. The van der Waals surface area contributed by atoms with Gasteiger partial charge in [0.05, 0.1) is 20.3 Å². The van der Waals surface area contributed by atoms with Crippen LogP contribution in [0.25, 0.3) is 0 Å². The van der Waals surface area contributed by atoms with Crippen LogP contribution in [0.5, 0.6) is 11.5 Å². The lowest BCUT2D eigenvalue weighted by Crippen LogP contribution is -2.28. The van der Waals surface area contributed by atoms with E-state index >= 15 is 0 Å². The molecule has 1 heterocycles. The average Bonchev–Trinajstić information content (AvgIpc) is 3.24. The first kappa shape index (κ1) is 20.2. The number of nitrogens with zero attached hydrogens (tertiary/aromatic N) is 1. The molecule has 1 fully saturated rings. The second-order valence-electron chi connectivity index (χ2n) is 7.23. The van der Waals surface area contributed by atoms with Gasteiger partial charge in [-0.15, -0.1) is 0 Å². The summed E-state index contributed by atoms with van der Waals surface area (Å²) in [7, 11) is 3.23. The standard InChI is InChI=1S/C23H30N2O3/c1-4-20(19-11-12-21(27-2)22(15-19)28-3)24-23(26)18-9-7-17(8-10-18)16-25-13-5-6-14-25/h7-12,15,20H,4-6,13-14,16H2,1-3H3,(H,24,26). The van der Waals surface area contributed by atoms with E-state index in [0.717, 1.165) is 18.5 Å². The fraction of sp³-hybridized carbons (Fsp3) is 0.435. The third kappa shape index (κ3) is 4.84. The van der Waals surface area contributed by atoms with Crippen molar-refractivity contribution in [2.45, 2.75) is 38.8 Å². The van der Waals surface area contributed by atoms with E-state index in [1.54, 1.807) is 14.2 Å². The maximum Gasteiger partial charge on any atom is 0.251 e. The smallest absolute Gasteiger partial charge is 0.251 e. The lowest BCUT2D eigenvalue weighted by molar-refractivity contribution is 0.0935. The number of benzene rings is 2. The number of ether oxygens (including phenoxy) is 2. The number of likely N-dealkylation sites (tertiary alicyclic amines) is 1. The molecule has 1 N–H and O–H groups in total. The van der Waals surface area contributed by atoms with E-state index in [0.29, 0.717) is 17.1 Å². The van der Waals surface area contributed by atoms with Crippen molar-refractivity contribution in [2.24, 2.45) is 0 Å². The number of methoxy groups -OCH3 is 2. The Morgan fingerprint density at radius 1 is 1.04 bits per heavy atom. The lowest BCUT2D eigenvalue weighted by atomic mass is 10.0. The molecule has 0 radical (unpaired) electrons. The largest absolute Gasteiger partial charge is 0.493 e.